The molecule has 1 atom stereocenters. The minimum Gasteiger partial charge on any atom is -0.370 e. The van der Waals surface area contributed by atoms with Gasteiger partial charge in [-0.1, -0.05) is 42.5 Å². The van der Waals surface area contributed by atoms with Crippen LogP contribution in [0.1, 0.15) is 11.4 Å². The van der Waals surface area contributed by atoms with E-state index in [1.54, 1.807) is 36.4 Å². The number of aliphatic hydroxyl groups is 1. The molecular weight excluding hydrogens is 423 g/mol. The Hall–Kier alpha value is -2.97. The molecule has 0 saturated heterocycles. The van der Waals surface area contributed by atoms with Gasteiger partial charge in [0.15, 0.2) is 5.82 Å². The highest BCUT2D eigenvalue weighted by Gasteiger charge is 2.59. The van der Waals surface area contributed by atoms with Crippen molar-refractivity contribution < 1.29 is 18.3 Å². The number of hydrogen-bond acceptors (Lipinski definition) is 4. The van der Waals surface area contributed by atoms with Crippen molar-refractivity contribution in [1.82, 2.24) is 9.55 Å². The largest absolute Gasteiger partial charge is 0.428 e. The van der Waals surface area contributed by atoms with Gasteiger partial charge in [0.25, 0.3) is 0 Å². The van der Waals surface area contributed by atoms with Crippen LogP contribution < -0.4 is 4.31 Å². The number of halogens is 3. The molecule has 0 fully saturated rings. The molecule has 4 nitrogen and oxygen atoms in total. The first-order valence-electron chi connectivity index (χ1n) is 9.50. The number of nitrogens with zero attached hydrogens (tertiary/aromatic N) is 3. The van der Waals surface area contributed by atoms with Gasteiger partial charge in [-0.2, -0.15) is 13.2 Å². The summed E-state index contributed by atoms with van der Waals surface area (Å²) < 4.78 is 45.8. The minimum absolute atomic E-state index is 0.291. The van der Waals surface area contributed by atoms with E-state index in [-0.39, 0.29) is 5.56 Å². The lowest BCUT2D eigenvalue weighted by molar-refractivity contribution is -0.251. The van der Waals surface area contributed by atoms with Crippen LogP contribution in [0.4, 0.5) is 18.9 Å². The van der Waals surface area contributed by atoms with Crippen molar-refractivity contribution >= 4 is 28.7 Å². The number of anilines is 1. The maximum Gasteiger partial charge on any atom is 0.428 e. The Bertz CT molecular complexity index is 1190. The Labute approximate surface area is 182 Å². The van der Waals surface area contributed by atoms with Crippen LogP contribution in [-0.2, 0) is 12.6 Å². The summed E-state index contributed by atoms with van der Waals surface area (Å²) in [5.41, 5.74) is -1.94. The molecule has 1 aromatic heterocycles. The smallest absolute Gasteiger partial charge is 0.370 e. The predicted octanol–water partition coefficient (Wildman–Crippen LogP) is 5.52. The van der Waals surface area contributed by atoms with Crippen molar-refractivity contribution in [2.45, 2.75) is 16.7 Å². The molecule has 0 amide bonds. The number of benzene rings is 3. The summed E-state index contributed by atoms with van der Waals surface area (Å²) >= 11 is 1.45. The number of rotatable bonds is 5. The SMILES string of the molecule is CN(Sc1ccccc1)c1ccc(C(O)(c2nc3ccccc3n2C)C(F)(F)F)cc1. The maximum atomic E-state index is 14.2. The molecule has 31 heavy (non-hydrogen) atoms. The highest BCUT2D eigenvalue weighted by Crippen LogP contribution is 2.45. The topological polar surface area (TPSA) is 41.3 Å². The molecule has 3 aromatic carbocycles. The van der Waals surface area contributed by atoms with Gasteiger partial charge in [0.1, 0.15) is 0 Å². The molecule has 1 N–H and O–H groups in total. The number of fused-ring (bicyclic) bond motifs is 1. The van der Waals surface area contributed by atoms with Crippen LogP contribution in [0.3, 0.4) is 0 Å². The van der Waals surface area contributed by atoms with Gasteiger partial charge in [-0.05, 0) is 48.3 Å². The van der Waals surface area contributed by atoms with Crippen LogP contribution in [0.5, 0.6) is 0 Å². The Kier molecular flexibility index (Phi) is 5.45. The van der Waals surface area contributed by atoms with E-state index in [2.05, 4.69) is 4.98 Å². The lowest BCUT2D eigenvalue weighted by Crippen LogP contribution is -2.45. The van der Waals surface area contributed by atoms with Crippen molar-refractivity contribution in [1.29, 1.82) is 0 Å². The van der Waals surface area contributed by atoms with Crippen molar-refractivity contribution in [3.8, 4) is 0 Å². The monoisotopic (exact) mass is 443 g/mol. The molecule has 0 spiro atoms. The lowest BCUT2D eigenvalue weighted by atomic mass is 9.91. The first-order chi connectivity index (χ1) is 14.7. The number of para-hydroxylation sites is 2. The molecule has 0 aliphatic heterocycles. The number of aryl methyl sites for hydroxylation is 1. The normalized spacial score (nSPS) is 13.9. The number of aromatic nitrogens is 2. The van der Waals surface area contributed by atoms with E-state index in [0.717, 1.165) is 4.90 Å². The molecule has 0 radical (unpaired) electrons. The third-order valence-electron chi connectivity index (χ3n) is 5.16. The van der Waals surface area contributed by atoms with E-state index in [9.17, 15) is 18.3 Å². The Morgan fingerprint density at radius 3 is 2.13 bits per heavy atom. The van der Waals surface area contributed by atoms with Gasteiger partial charge in [0, 0.05) is 30.2 Å². The highest BCUT2D eigenvalue weighted by atomic mass is 32.2. The molecular formula is C23H20F3N3OS. The van der Waals surface area contributed by atoms with E-state index in [1.165, 1.54) is 35.7 Å². The second kappa shape index (κ2) is 7.94. The van der Waals surface area contributed by atoms with Crippen LogP contribution in [0.15, 0.2) is 83.8 Å². The third-order valence-corrected chi connectivity index (χ3v) is 6.12. The van der Waals surface area contributed by atoms with Gasteiger partial charge in [0.2, 0.25) is 5.60 Å². The zero-order chi connectivity index (χ0) is 22.2. The Morgan fingerprint density at radius 2 is 1.52 bits per heavy atom. The van der Waals surface area contributed by atoms with Crippen molar-refractivity contribution in [3.63, 3.8) is 0 Å². The van der Waals surface area contributed by atoms with Crippen molar-refractivity contribution in [2.24, 2.45) is 7.05 Å². The van der Waals surface area contributed by atoms with Crippen molar-refractivity contribution in [3.05, 3.63) is 90.3 Å². The summed E-state index contributed by atoms with van der Waals surface area (Å²) in [6.07, 6.45) is -4.96. The second-order valence-electron chi connectivity index (χ2n) is 7.14. The quantitative estimate of drug-likeness (QED) is 0.413. The third kappa shape index (κ3) is 3.77. The maximum absolute atomic E-state index is 14.2. The lowest BCUT2D eigenvalue weighted by Gasteiger charge is -2.30. The predicted molar refractivity (Wildman–Crippen MR) is 117 cm³/mol. The van der Waals surface area contributed by atoms with Crippen LogP contribution in [-0.4, -0.2) is 27.9 Å². The fourth-order valence-electron chi connectivity index (χ4n) is 3.49. The van der Waals surface area contributed by atoms with Gasteiger partial charge >= 0.3 is 6.18 Å². The Balaban J connectivity index is 1.72. The van der Waals surface area contributed by atoms with Crippen LogP contribution in [0.25, 0.3) is 11.0 Å². The van der Waals surface area contributed by atoms with Crippen LogP contribution in [0.2, 0.25) is 0 Å². The molecule has 0 aliphatic carbocycles. The number of imidazole rings is 1. The summed E-state index contributed by atoms with van der Waals surface area (Å²) in [6, 6.07) is 22.1. The first-order valence-corrected chi connectivity index (χ1v) is 10.3. The zero-order valence-corrected chi connectivity index (χ0v) is 17.7. The fraction of sp³-hybridized carbons (Fsp3) is 0.174. The average Bonchev–Trinajstić information content (AvgIpc) is 3.10. The fourth-order valence-corrected chi connectivity index (χ4v) is 4.32. The van der Waals surface area contributed by atoms with E-state index in [0.29, 0.717) is 16.7 Å². The zero-order valence-electron chi connectivity index (χ0n) is 16.8. The molecule has 0 saturated carbocycles. The molecule has 0 aliphatic rings. The van der Waals surface area contributed by atoms with Gasteiger partial charge < -0.3 is 14.0 Å². The number of hydrogen-bond donors (Lipinski definition) is 1. The van der Waals surface area contributed by atoms with Crippen molar-refractivity contribution in [2.75, 3.05) is 11.4 Å². The average molecular weight is 443 g/mol. The molecule has 4 rings (SSSR count). The second-order valence-corrected chi connectivity index (χ2v) is 8.34. The summed E-state index contributed by atoms with van der Waals surface area (Å²) in [4.78, 5) is 5.12. The van der Waals surface area contributed by atoms with Gasteiger partial charge in [-0.25, -0.2) is 4.98 Å². The van der Waals surface area contributed by atoms with E-state index < -0.39 is 17.6 Å². The van der Waals surface area contributed by atoms with Gasteiger partial charge in [0.05, 0.1) is 11.0 Å². The summed E-state index contributed by atoms with van der Waals surface area (Å²) in [7, 11) is 3.30. The van der Waals surface area contributed by atoms with E-state index >= 15 is 0 Å². The minimum atomic E-state index is -4.96. The standard InChI is InChI=1S/C23H20F3N3OS/c1-28-20-11-7-6-10-19(20)27-21(28)22(30,23(24,25)26)16-12-14-17(15-13-16)29(2)31-18-8-4-3-5-9-18/h3-15,30H,1-2H3. The van der Waals surface area contributed by atoms with E-state index in [1.807, 2.05) is 41.7 Å². The molecule has 0 bridgehead atoms. The summed E-state index contributed by atoms with van der Waals surface area (Å²) in [5, 5.41) is 11.0. The molecule has 4 aromatic rings. The summed E-state index contributed by atoms with van der Waals surface area (Å²) in [6.45, 7) is 0. The van der Waals surface area contributed by atoms with Crippen LogP contribution in [0, 0.1) is 0 Å². The van der Waals surface area contributed by atoms with E-state index in [4.69, 9.17) is 0 Å². The molecule has 8 heteroatoms. The molecule has 1 heterocycles. The molecule has 160 valence electrons. The first kappa shape index (κ1) is 21.3. The van der Waals surface area contributed by atoms with Crippen LogP contribution >= 0.6 is 11.9 Å². The molecule has 1 unspecified atom stereocenters. The summed E-state index contributed by atoms with van der Waals surface area (Å²) in [5.74, 6) is -0.471. The van der Waals surface area contributed by atoms with Gasteiger partial charge in [-0.3, -0.25) is 0 Å². The number of alkyl halides is 3. The van der Waals surface area contributed by atoms with Gasteiger partial charge in [-0.15, -0.1) is 0 Å². The highest BCUT2D eigenvalue weighted by molar-refractivity contribution is 8.00. The Morgan fingerprint density at radius 1 is 0.903 bits per heavy atom.